The zero-order chi connectivity index (χ0) is 11.7. The van der Waals surface area contributed by atoms with Gasteiger partial charge in [0, 0.05) is 0 Å². The average molecular weight is 223 g/mol. The quantitative estimate of drug-likeness (QED) is 0.542. The van der Waals surface area contributed by atoms with Crippen molar-refractivity contribution >= 4 is 7.92 Å². The van der Waals surface area contributed by atoms with Gasteiger partial charge in [0.1, 0.15) is 0 Å². The van der Waals surface area contributed by atoms with E-state index in [9.17, 15) is 0 Å². The van der Waals surface area contributed by atoms with E-state index in [-0.39, 0.29) is 7.92 Å². The third-order valence-corrected chi connectivity index (χ3v) is 6.00. The molecule has 0 bridgehead atoms. The first-order valence-corrected chi connectivity index (χ1v) is 7.07. The molecule has 0 unspecified atom stereocenters. The van der Waals surface area contributed by atoms with E-state index in [0.717, 1.165) is 6.42 Å². The molecule has 0 aromatic heterocycles. The Hall–Kier alpha value is -0.0900. The molecule has 0 atom stereocenters. The minimum absolute atomic E-state index is 0.107. The summed E-state index contributed by atoms with van der Waals surface area (Å²) in [5, 5.41) is 2.36. The second-order valence-electron chi connectivity index (χ2n) is 6.14. The van der Waals surface area contributed by atoms with E-state index in [1.165, 1.54) is 0 Å². The average Bonchev–Trinajstić information content (AvgIpc) is 2.00. The van der Waals surface area contributed by atoms with Gasteiger partial charge in [0.25, 0.3) is 0 Å². The van der Waals surface area contributed by atoms with Crippen molar-refractivity contribution in [3.8, 4) is 0 Å². The van der Waals surface area contributed by atoms with Crippen molar-refractivity contribution in [1.82, 2.24) is 0 Å². The van der Waals surface area contributed by atoms with Crippen LogP contribution in [0.5, 0.6) is 0 Å². The van der Waals surface area contributed by atoms with E-state index in [4.69, 9.17) is 0 Å². The summed E-state index contributed by atoms with van der Waals surface area (Å²) in [6.07, 6.45) is 10.3. The van der Waals surface area contributed by atoms with Crippen molar-refractivity contribution in [3.63, 3.8) is 0 Å². The van der Waals surface area contributed by atoms with Crippen molar-refractivity contribution in [2.75, 3.05) is 0 Å². The van der Waals surface area contributed by atoms with Gasteiger partial charge < -0.3 is 0 Å². The summed E-state index contributed by atoms with van der Waals surface area (Å²) < 4.78 is 0. The molecule has 0 saturated carbocycles. The van der Waals surface area contributed by atoms with Gasteiger partial charge in [0.15, 0.2) is 0 Å². The van der Waals surface area contributed by atoms with Crippen LogP contribution in [0.2, 0.25) is 0 Å². The Morgan fingerprint density at radius 3 is 1.87 bits per heavy atom. The highest BCUT2D eigenvalue weighted by Crippen LogP contribution is 2.65. The standard InChI is InChI=1S/C14H24P/c1-13(2,3)15(14(4,5)6)12-10-8-7-9-11-12/h7-8,10-11H,9H2,1-6H3. The van der Waals surface area contributed by atoms with E-state index in [1.54, 1.807) is 5.31 Å². The molecule has 1 radical (unpaired) electrons. The van der Waals surface area contributed by atoms with E-state index < -0.39 is 0 Å². The Morgan fingerprint density at radius 1 is 1.00 bits per heavy atom. The Balaban J connectivity index is 3.02. The molecule has 0 heterocycles. The van der Waals surface area contributed by atoms with Crippen molar-refractivity contribution in [1.29, 1.82) is 0 Å². The first kappa shape index (κ1) is 13.0. The molecular formula is C14H24P. The number of hydrogen-bond acceptors (Lipinski definition) is 0. The van der Waals surface area contributed by atoms with Crippen LogP contribution in [-0.4, -0.2) is 10.3 Å². The molecule has 0 N–H and O–H groups in total. The number of rotatable bonds is 1. The van der Waals surface area contributed by atoms with Gasteiger partial charge in [-0.05, 0) is 28.5 Å². The lowest BCUT2D eigenvalue weighted by atomic mass is 10.2. The number of hydrogen-bond donors (Lipinski definition) is 0. The van der Waals surface area contributed by atoms with Gasteiger partial charge in [0.2, 0.25) is 0 Å². The fourth-order valence-corrected chi connectivity index (χ4v) is 6.53. The van der Waals surface area contributed by atoms with Gasteiger partial charge >= 0.3 is 0 Å². The van der Waals surface area contributed by atoms with Crippen molar-refractivity contribution in [2.24, 2.45) is 0 Å². The van der Waals surface area contributed by atoms with Crippen LogP contribution < -0.4 is 0 Å². The maximum Gasteiger partial charge on any atom is -0.00502 e. The highest BCUT2D eigenvalue weighted by molar-refractivity contribution is 7.65. The molecule has 0 saturated heterocycles. The van der Waals surface area contributed by atoms with Gasteiger partial charge in [0.05, 0.1) is 0 Å². The minimum atomic E-state index is -0.107. The lowest BCUT2D eigenvalue weighted by Crippen LogP contribution is -2.26. The normalized spacial score (nSPS) is 18.2. The molecule has 85 valence electrons. The van der Waals surface area contributed by atoms with E-state index in [0.29, 0.717) is 10.3 Å². The third kappa shape index (κ3) is 3.45. The molecule has 0 nitrogen and oxygen atoms in total. The van der Waals surface area contributed by atoms with Gasteiger partial charge in [-0.1, -0.05) is 67.7 Å². The first-order chi connectivity index (χ1) is 6.73. The van der Waals surface area contributed by atoms with Crippen LogP contribution >= 0.6 is 7.92 Å². The monoisotopic (exact) mass is 223 g/mol. The molecule has 0 aromatic carbocycles. The lowest BCUT2D eigenvalue weighted by Gasteiger charge is -2.43. The molecular weight excluding hydrogens is 199 g/mol. The Labute approximate surface area is 96.6 Å². The van der Waals surface area contributed by atoms with Crippen LogP contribution in [0.1, 0.15) is 48.0 Å². The third-order valence-electron chi connectivity index (χ3n) is 2.47. The van der Waals surface area contributed by atoms with E-state index >= 15 is 0 Å². The van der Waals surface area contributed by atoms with Crippen molar-refractivity contribution in [3.05, 3.63) is 30.0 Å². The second kappa shape index (κ2) is 4.42. The topological polar surface area (TPSA) is 0 Å². The molecule has 0 aliphatic heterocycles. The lowest BCUT2D eigenvalue weighted by molar-refractivity contribution is 0.711. The molecule has 0 fully saturated rings. The molecule has 1 aliphatic rings. The van der Waals surface area contributed by atoms with Gasteiger partial charge in [-0.3, -0.25) is 0 Å². The molecule has 1 rings (SSSR count). The Bertz CT molecular complexity index is 257. The zero-order valence-electron chi connectivity index (χ0n) is 11.0. The largest absolute Gasteiger partial charge is 0.0839 e. The Morgan fingerprint density at radius 2 is 1.53 bits per heavy atom. The van der Waals surface area contributed by atoms with Crippen molar-refractivity contribution < 1.29 is 0 Å². The molecule has 1 heteroatoms. The van der Waals surface area contributed by atoms with Gasteiger partial charge in [-0.15, -0.1) is 0 Å². The number of allylic oxidation sites excluding steroid dienone is 4. The van der Waals surface area contributed by atoms with Gasteiger partial charge in [-0.2, -0.15) is 0 Å². The highest BCUT2D eigenvalue weighted by Gasteiger charge is 2.36. The molecule has 0 spiro atoms. The minimum Gasteiger partial charge on any atom is -0.0839 e. The van der Waals surface area contributed by atoms with Crippen molar-refractivity contribution in [2.45, 2.75) is 58.3 Å². The summed E-state index contributed by atoms with van der Waals surface area (Å²) in [6.45, 7) is 14.2. The van der Waals surface area contributed by atoms with E-state index in [1.807, 2.05) is 0 Å². The second-order valence-corrected chi connectivity index (χ2v) is 10.0. The molecule has 0 amide bonds. The fourth-order valence-electron chi connectivity index (χ4n) is 2.45. The van der Waals surface area contributed by atoms with Crippen LogP contribution in [0, 0.1) is 6.42 Å². The summed E-state index contributed by atoms with van der Waals surface area (Å²) in [6, 6.07) is 0. The summed E-state index contributed by atoms with van der Waals surface area (Å²) in [7, 11) is -0.107. The van der Waals surface area contributed by atoms with Crippen LogP contribution in [0.3, 0.4) is 0 Å². The smallest absolute Gasteiger partial charge is 0.00502 e. The van der Waals surface area contributed by atoms with E-state index in [2.05, 4.69) is 66.2 Å². The van der Waals surface area contributed by atoms with Crippen LogP contribution in [0.15, 0.2) is 23.5 Å². The van der Waals surface area contributed by atoms with Gasteiger partial charge in [-0.25, -0.2) is 0 Å². The predicted octanol–water partition coefficient (Wildman–Crippen LogP) is 5.11. The highest BCUT2D eigenvalue weighted by atomic mass is 31.1. The molecule has 0 aromatic rings. The summed E-state index contributed by atoms with van der Waals surface area (Å²) in [5.74, 6) is 0. The van der Waals surface area contributed by atoms with Crippen LogP contribution in [0.4, 0.5) is 0 Å². The maximum absolute atomic E-state index is 2.40. The molecule has 1 aliphatic carbocycles. The first-order valence-electron chi connectivity index (χ1n) is 5.73. The van der Waals surface area contributed by atoms with Crippen LogP contribution in [-0.2, 0) is 0 Å². The Kier molecular flexibility index (Phi) is 3.82. The molecule has 15 heavy (non-hydrogen) atoms. The summed E-state index contributed by atoms with van der Waals surface area (Å²) in [4.78, 5) is 0. The van der Waals surface area contributed by atoms with Crippen LogP contribution in [0.25, 0.3) is 0 Å². The summed E-state index contributed by atoms with van der Waals surface area (Å²) >= 11 is 0. The SMILES string of the molecule is CC(C)(C)P(C1=CC=CC[CH]1)C(C)(C)C. The predicted molar refractivity (Wildman–Crippen MR) is 72.6 cm³/mol. The maximum atomic E-state index is 2.40. The fraction of sp³-hybridized carbons (Fsp3) is 0.643. The zero-order valence-corrected chi connectivity index (χ0v) is 11.9. The summed E-state index contributed by atoms with van der Waals surface area (Å²) in [5.41, 5.74) is 0.